The summed E-state index contributed by atoms with van der Waals surface area (Å²) in [5.74, 6) is 0.206. The zero-order valence-corrected chi connectivity index (χ0v) is 11.8. The maximum Gasteiger partial charge on any atom is 0.304 e. The first-order valence-electron chi connectivity index (χ1n) is 6.12. The van der Waals surface area contributed by atoms with Crippen molar-refractivity contribution in [2.75, 3.05) is 11.1 Å². The SMILES string of the molecule is N#Cc1ccc(Nc2ccnc(SCCC(=O)O)n2)cc1. The summed E-state index contributed by atoms with van der Waals surface area (Å²) >= 11 is 1.29. The Bertz CT molecular complexity index is 667. The number of hydrogen-bond donors (Lipinski definition) is 2. The van der Waals surface area contributed by atoms with Crippen LogP contribution in [0.15, 0.2) is 41.7 Å². The van der Waals surface area contributed by atoms with Crippen molar-refractivity contribution in [1.29, 1.82) is 5.26 Å². The van der Waals surface area contributed by atoms with Crippen LogP contribution in [-0.4, -0.2) is 26.8 Å². The lowest BCUT2D eigenvalue weighted by molar-refractivity contribution is -0.136. The molecule has 0 saturated heterocycles. The van der Waals surface area contributed by atoms with Crippen molar-refractivity contribution in [2.45, 2.75) is 11.6 Å². The summed E-state index contributed by atoms with van der Waals surface area (Å²) < 4.78 is 0. The van der Waals surface area contributed by atoms with Crippen LogP contribution in [0.1, 0.15) is 12.0 Å². The lowest BCUT2D eigenvalue weighted by Gasteiger charge is -2.06. The second-order valence-electron chi connectivity index (χ2n) is 4.03. The van der Waals surface area contributed by atoms with Gasteiger partial charge in [-0.3, -0.25) is 4.79 Å². The number of thioether (sulfide) groups is 1. The fraction of sp³-hybridized carbons (Fsp3) is 0.143. The highest BCUT2D eigenvalue weighted by atomic mass is 32.2. The molecule has 2 rings (SSSR count). The quantitative estimate of drug-likeness (QED) is 0.625. The second kappa shape index (κ2) is 7.26. The van der Waals surface area contributed by atoms with Crippen molar-refractivity contribution in [2.24, 2.45) is 0 Å². The van der Waals surface area contributed by atoms with Crippen molar-refractivity contribution >= 4 is 29.2 Å². The molecule has 0 bridgehead atoms. The predicted molar refractivity (Wildman–Crippen MR) is 79.4 cm³/mol. The van der Waals surface area contributed by atoms with Gasteiger partial charge in [-0.2, -0.15) is 5.26 Å². The van der Waals surface area contributed by atoms with Gasteiger partial charge < -0.3 is 10.4 Å². The Kier molecular flexibility index (Phi) is 5.12. The third kappa shape index (κ3) is 4.78. The summed E-state index contributed by atoms with van der Waals surface area (Å²) in [6.45, 7) is 0. The van der Waals surface area contributed by atoms with Crippen LogP contribution in [0.25, 0.3) is 0 Å². The average Bonchev–Trinajstić information content (AvgIpc) is 2.48. The fourth-order valence-electron chi connectivity index (χ4n) is 1.49. The molecule has 21 heavy (non-hydrogen) atoms. The highest BCUT2D eigenvalue weighted by Crippen LogP contribution is 2.19. The molecular formula is C14H12N4O2S. The van der Waals surface area contributed by atoms with Gasteiger partial charge in [-0.25, -0.2) is 9.97 Å². The molecule has 0 aliphatic rings. The molecule has 0 atom stereocenters. The van der Waals surface area contributed by atoms with Gasteiger partial charge in [0, 0.05) is 17.6 Å². The van der Waals surface area contributed by atoms with Crippen molar-refractivity contribution in [1.82, 2.24) is 9.97 Å². The van der Waals surface area contributed by atoms with Gasteiger partial charge in [-0.1, -0.05) is 11.8 Å². The first-order valence-corrected chi connectivity index (χ1v) is 7.11. The normalized spacial score (nSPS) is 9.86. The summed E-state index contributed by atoms with van der Waals surface area (Å²) in [6, 6.07) is 10.8. The monoisotopic (exact) mass is 300 g/mol. The molecule has 0 aliphatic carbocycles. The summed E-state index contributed by atoms with van der Waals surface area (Å²) in [4.78, 5) is 18.8. The van der Waals surface area contributed by atoms with E-state index in [1.807, 2.05) is 0 Å². The maximum atomic E-state index is 10.5. The summed E-state index contributed by atoms with van der Waals surface area (Å²) in [5, 5.41) is 21.0. The van der Waals surface area contributed by atoms with Crippen molar-refractivity contribution in [3.05, 3.63) is 42.1 Å². The van der Waals surface area contributed by atoms with Gasteiger partial charge >= 0.3 is 5.97 Å². The Morgan fingerprint density at radius 1 is 1.33 bits per heavy atom. The summed E-state index contributed by atoms with van der Waals surface area (Å²) in [7, 11) is 0. The number of hydrogen-bond acceptors (Lipinski definition) is 6. The zero-order chi connectivity index (χ0) is 15.1. The molecule has 1 aromatic heterocycles. The van der Waals surface area contributed by atoms with Gasteiger partial charge in [0.15, 0.2) is 5.16 Å². The average molecular weight is 300 g/mol. The smallest absolute Gasteiger partial charge is 0.304 e. The molecule has 7 heteroatoms. The third-order valence-electron chi connectivity index (χ3n) is 2.47. The number of anilines is 2. The van der Waals surface area contributed by atoms with Crippen molar-refractivity contribution in [3.63, 3.8) is 0 Å². The van der Waals surface area contributed by atoms with Gasteiger partial charge in [-0.05, 0) is 30.3 Å². The van der Waals surface area contributed by atoms with Crippen molar-refractivity contribution in [3.8, 4) is 6.07 Å². The van der Waals surface area contributed by atoms with Crippen LogP contribution in [-0.2, 0) is 4.79 Å². The van der Waals surface area contributed by atoms with Crippen LogP contribution in [0.5, 0.6) is 0 Å². The number of aliphatic carboxylic acids is 1. The molecule has 0 unspecified atom stereocenters. The maximum absolute atomic E-state index is 10.5. The van der Waals surface area contributed by atoms with E-state index in [0.717, 1.165) is 5.69 Å². The van der Waals surface area contributed by atoms with Gasteiger partial charge in [0.05, 0.1) is 18.1 Å². The first-order chi connectivity index (χ1) is 10.2. The van der Waals surface area contributed by atoms with Gasteiger partial charge in [0.25, 0.3) is 0 Å². The van der Waals surface area contributed by atoms with Gasteiger partial charge in [0.1, 0.15) is 5.82 Å². The number of aromatic nitrogens is 2. The summed E-state index contributed by atoms with van der Waals surface area (Å²) in [5.41, 5.74) is 1.40. The van der Waals surface area contributed by atoms with Crippen LogP contribution in [0.2, 0.25) is 0 Å². The second-order valence-corrected chi connectivity index (χ2v) is 5.09. The number of carbonyl (C=O) groups is 1. The Hall–Kier alpha value is -2.59. The molecule has 0 radical (unpaired) electrons. The molecule has 2 aromatic rings. The van der Waals surface area contributed by atoms with Crippen LogP contribution >= 0.6 is 11.8 Å². The molecule has 1 aromatic carbocycles. The predicted octanol–water partition coefficient (Wildman–Crippen LogP) is 2.66. The molecule has 1 heterocycles. The number of benzene rings is 1. The van der Waals surface area contributed by atoms with E-state index < -0.39 is 5.97 Å². The van der Waals surface area contributed by atoms with E-state index in [1.165, 1.54) is 11.8 Å². The number of nitriles is 1. The minimum absolute atomic E-state index is 0.0707. The summed E-state index contributed by atoms with van der Waals surface area (Å²) in [6.07, 6.45) is 1.68. The Labute approximate surface area is 125 Å². The van der Waals surface area contributed by atoms with Crippen LogP contribution in [0.4, 0.5) is 11.5 Å². The van der Waals surface area contributed by atoms with Gasteiger partial charge in [0.2, 0.25) is 0 Å². The molecule has 0 aliphatic heterocycles. The van der Waals surface area contributed by atoms with E-state index in [0.29, 0.717) is 22.3 Å². The number of carboxylic acids is 1. The number of nitrogens with one attached hydrogen (secondary N) is 1. The van der Waals surface area contributed by atoms with Gasteiger partial charge in [-0.15, -0.1) is 0 Å². The highest BCUT2D eigenvalue weighted by molar-refractivity contribution is 7.99. The van der Waals surface area contributed by atoms with E-state index in [2.05, 4.69) is 21.4 Å². The molecule has 106 valence electrons. The first kappa shape index (κ1) is 14.8. The molecule has 0 fully saturated rings. The molecule has 0 spiro atoms. The molecule has 0 saturated carbocycles. The third-order valence-corrected chi connectivity index (χ3v) is 3.33. The van der Waals surface area contributed by atoms with Crippen LogP contribution in [0.3, 0.4) is 0 Å². The minimum atomic E-state index is -0.839. The minimum Gasteiger partial charge on any atom is -0.481 e. The topological polar surface area (TPSA) is 98.9 Å². The molecule has 6 nitrogen and oxygen atoms in total. The fourth-order valence-corrected chi connectivity index (χ4v) is 2.24. The molecule has 0 amide bonds. The lowest BCUT2D eigenvalue weighted by atomic mass is 10.2. The van der Waals surface area contributed by atoms with E-state index in [4.69, 9.17) is 10.4 Å². The highest BCUT2D eigenvalue weighted by Gasteiger charge is 2.03. The Morgan fingerprint density at radius 2 is 2.10 bits per heavy atom. The largest absolute Gasteiger partial charge is 0.481 e. The molecule has 2 N–H and O–H groups in total. The zero-order valence-electron chi connectivity index (χ0n) is 11.0. The standard InChI is InChI=1S/C14H12N4O2S/c15-9-10-1-3-11(4-2-10)17-12-5-7-16-14(18-12)21-8-6-13(19)20/h1-5,7H,6,8H2,(H,19,20)(H,16,17,18). The van der Waals surface area contributed by atoms with E-state index >= 15 is 0 Å². The van der Waals surface area contributed by atoms with Crippen LogP contribution in [0, 0.1) is 11.3 Å². The number of carboxylic acid groups (broad SMARTS) is 1. The Balaban J connectivity index is 1.99. The Morgan fingerprint density at radius 3 is 2.76 bits per heavy atom. The van der Waals surface area contributed by atoms with Crippen molar-refractivity contribution < 1.29 is 9.90 Å². The van der Waals surface area contributed by atoms with E-state index in [1.54, 1.807) is 36.5 Å². The van der Waals surface area contributed by atoms with Crippen LogP contribution < -0.4 is 5.32 Å². The number of rotatable bonds is 6. The van der Waals surface area contributed by atoms with E-state index in [-0.39, 0.29) is 6.42 Å². The lowest BCUT2D eigenvalue weighted by Crippen LogP contribution is -1.99. The molecular weight excluding hydrogens is 288 g/mol. The van der Waals surface area contributed by atoms with E-state index in [9.17, 15) is 4.79 Å². The number of nitrogens with zero attached hydrogens (tertiary/aromatic N) is 3.